The van der Waals surface area contributed by atoms with Crippen LogP contribution in [0, 0.1) is 0 Å². The summed E-state index contributed by atoms with van der Waals surface area (Å²) >= 11 is 0. The largest absolute Gasteiger partial charge is 0.396 e. The van der Waals surface area contributed by atoms with Gasteiger partial charge >= 0.3 is 0 Å². The minimum absolute atomic E-state index is 0.308. The van der Waals surface area contributed by atoms with E-state index in [1.165, 1.54) is 51.4 Å². The van der Waals surface area contributed by atoms with E-state index in [-0.39, 0.29) is 0 Å². The van der Waals surface area contributed by atoms with E-state index in [0.29, 0.717) is 18.7 Å². The lowest BCUT2D eigenvalue weighted by Crippen LogP contribution is -2.38. The molecule has 2 N–H and O–H groups in total. The molecule has 0 heterocycles. The van der Waals surface area contributed by atoms with E-state index in [2.05, 4.69) is 26.1 Å². The minimum Gasteiger partial charge on any atom is -0.396 e. The highest BCUT2D eigenvalue weighted by atomic mass is 16.3. The maximum absolute atomic E-state index is 9.07. The average molecular weight is 257 g/mol. The number of nitrogens with one attached hydrogen (secondary N) is 1. The van der Waals surface area contributed by atoms with Crippen LogP contribution in [0.2, 0.25) is 0 Å². The van der Waals surface area contributed by atoms with Crippen LogP contribution < -0.4 is 5.32 Å². The van der Waals surface area contributed by atoms with Crippen molar-refractivity contribution in [1.29, 1.82) is 0 Å². The predicted molar refractivity (Wildman–Crippen MR) is 81.0 cm³/mol. The summed E-state index contributed by atoms with van der Waals surface area (Å²) in [4.78, 5) is 0. The van der Waals surface area contributed by atoms with Crippen molar-refractivity contribution in [2.45, 2.75) is 97.1 Å². The molecule has 18 heavy (non-hydrogen) atoms. The standard InChI is InChI=1S/C16H35NO/c1-4-7-9-11-16(12-10-8-5-2)17-15(6-3)13-14-18/h15-18H,4-14H2,1-3H3. The Bertz CT molecular complexity index is 151. The van der Waals surface area contributed by atoms with Crippen LogP contribution in [0.4, 0.5) is 0 Å². The van der Waals surface area contributed by atoms with Gasteiger partial charge in [-0.25, -0.2) is 0 Å². The molecule has 0 saturated heterocycles. The Morgan fingerprint density at radius 1 is 0.778 bits per heavy atom. The SMILES string of the molecule is CCCCCC(CCCCC)NC(CC)CCO. The van der Waals surface area contributed by atoms with Gasteiger partial charge in [0.05, 0.1) is 0 Å². The lowest BCUT2D eigenvalue weighted by molar-refractivity contribution is 0.249. The van der Waals surface area contributed by atoms with Crippen LogP contribution >= 0.6 is 0 Å². The summed E-state index contributed by atoms with van der Waals surface area (Å²) in [6.45, 7) is 7.05. The van der Waals surface area contributed by atoms with Crippen molar-refractivity contribution in [3.63, 3.8) is 0 Å². The molecular weight excluding hydrogens is 222 g/mol. The predicted octanol–water partition coefficient (Wildman–Crippen LogP) is 4.27. The van der Waals surface area contributed by atoms with E-state index in [9.17, 15) is 0 Å². The van der Waals surface area contributed by atoms with Crippen LogP contribution in [0.25, 0.3) is 0 Å². The molecule has 0 saturated carbocycles. The third-order valence-electron chi connectivity index (χ3n) is 3.75. The molecule has 0 spiro atoms. The molecule has 0 rings (SSSR count). The Morgan fingerprint density at radius 3 is 1.72 bits per heavy atom. The number of rotatable bonds is 13. The Hall–Kier alpha value is -0.0800. The molecule has 2 nitrogen and oxygen atoms in total. The van der Waals surface area contributed by atoms with Gasteiger partial charge in [-0.3, -0.25) is 0 Å². The average Bonchev–Trinajstić information content (AvgIpc) is 2.38. The van der Waals surface area contributed by atoms with Gasteiger partial charge in [0.15, 0.2) is 0 Å². The molecular formula is C16H35NO. The lowest BCUT2D eigenvalue weighted by atomic mass is 10.00. The van der Waals surface area contributed by atoms with Gasteiger partial charge in [-0.2, -0.15) is 0 Å². The maximum Gasteiger partial charge on any atom is 0.0445 e. The topological polar surface area (TPSA) is 32.3 Å². The highest BCUT2D eigenvalue weighted by Crippen LogP contribution is 2.13. The van der Waals surface area contributed by atoms with Crippen molar-refractivity contribution in [1.82, 2.24) is 5.32 Å². The molecule has 0 aliphatic carbocycles. The molecule has 110 valence electrons. The third kappa shape index (κ3) is 9.90. The number of unbranched alkanes of at least 4 members (excludes halogenated alkanes) is 4. The van der Waals surface area contributed by atoms with Crippen molar-refractivity contribution in [3.05, 3.63) is 0 Å². The third-order valence-corrected chi connectivity index (χ3v) is 3.75. The molecule has 0 aromatic rings. The summed E-state index contributed by atoms with van der Waals surface area (Å²) in [7, 11) is 0. The molecule has 2 heteroatoms. The number of hydrogen-bond acceptors (Lipinski definition) is 2. The first-order valence-corrected chi connectivity index (χ1v) is 8.15. The molecule has 0 fully saturated rings. The Kier molecular flexibility index (Phi) is 13.3. The second-order valence-corrected chi connectivity index (χ2v) is 5.47. The molecule has 0 amide bonds. The van der Waals surface area contributed by atoms with Crippen LogP contribution in [-0.2, 0) is 0 Å². The fourth-order valence-corrected chi connectivity index (χ4v) is 2.49. The van der Waals surface area contributed by atoms with Gasteiger partial charge in [0.1, 0.15) is 0 Å². The molecule has 1 unspecified atom stereocenters. The van der Waals surface area contributed by atoms with Gasteiger partial charge < -0.3 is 10.4 Å². The van der Waals surface area contributed by atoms with Gasteiger partial charge in [0.2, 0.25) is 0 Å². The van der Waals surface area contributed by atoms with Crippen LogP contribution in [-0.4, -0.2) is 23.8 Å². The molecule has 0 aromatic carbocycles. The van der Waals surface area contributed by atoms with Gasteiger partial charge in [-0.1, -0.05) is 59.3 Å². The Balaban J connectivity index is 3.99. The zero-order valence-corrected chi connectivity index (χ0v) is 12.9. The summed E-state index contributed by atoms with van der Waals surface area (Å²) in [5, 5.41) is 12.8. The fraction of sp³-hybridized carbons (Fsp3) is 1.00. The van der Waals surface area contributed by atoms with Crippen LogP contribution in [0.15, 0.2) is 0 Å². The first kappa shape index (κ1) is 17.9. The van der Waals surface area contributed by atoms with Crippen LogP contribution in [0.5, 0.6) is 0 Å². The monoisotopic (exact) mass is 257 g/mol. The summed E-state index contributed by atoms with van der Waals surface area (Å²) in [6, 6.07) is 1.17. The number of aliphatic hydroxyl groups excluding tert-OH is 1. The first-order valence-electron chi connectivity index (χ1n) is 8.15. The van der Waals surface area contributed by atoms with E-state index in [1.54, 1.807) is 0 Å². The van der Waals surface area contributed by atoms with E-state index in [1.807, 2.05) is 0 Å². The number of hydrogen-bond donors (Lipinski definition) is 2. The Labute approximate surface area is 115 Å². The molecule has 0 radical (unpaired) electrons. The summed E-state index contributed by atoms with van der Waals surface area (Å²) in [5.74, 6) is 0. The van der Waals surface area contributed by atoms with Gasteiger partial charge in [0.25, 0.3) is 0 Å². The van der Waals surface area contributed by atoms with Crippen molar-refractivity contribution in [2.75, 3.05) is 6.61 Å². The zero-order valence-electron chi connectivity index (χ0n) is 12.9. The van der Waals surface area contributed by atoms with E-state index < -0.39 is 0 Å². The first-order chi connectivity index (χ1) is 8.78. The highest BCUT2D eigenvalue weighted by Gasteiger charge is 2.13. The number of aliphatic hydroxyl groups is 1. The van der Waals surface area contributed by atoms with E-state index in [0.717, 1.165) is 12.8 Å². The van der Waals surface area contributed by atoms with Crippen molar-refractivity contribution < 1.29 is 5.11 Å². The van der Waals surface area contributed by atoms with E-state index >= 15 is 0 Å². The smallest absolute Gasteiger partial charge is 0.0445 e. The second-order valence-electron chi connectivity index (χ2n) is 5.47. The quantitative estimate of drug-likeness (QED) is 0.483. The van der Waals surface area contributed by atoms with Gasteiger partial charge in [-0.05, 0) is 25.7 Å². The summed E-state index contributed by atoms with van der Waals surface area (Å²) < 4.78 is 0. The fourth-order valence-electron chi connectivity index (χ4n) is 2.49. The highest BCUT2D eigenvalue weighted by molar-refractivity contribution is 4.73. The molecule has 1 atom stereocenters. The zero-order chi connectivity index (χ0) is 13.6. The molecule has 0 aromatic heterocycles. The second kappa shape index (κ2) is 13.4. The van der Waals surface area contributed by atoms with Gasteiger partial charge in [-0.15, -0.1) is 0 Å². The molecule has 0 aliphatic heterocycles. The minimum atomic E-state index is 0.308. The summed E-state index contributed by atoms with van der Waals surface area (Å²) in [6.07, 6.45) is 12.6. The van der Waals surface area contributed by atoms with Crippen molar-refractivity contribution in [3.8, 4) is 0 Å². The lowest BCUT2D eigenvalue weighted by Gasteiger charge is -2.25. The molecule has 0 bridgehead atoms. The Morgan fingerprint density at radius 2 is 1.33 bits per heavy atom. The molecule has 0 aliphatic rings. The maximum atomic E-state index is 9.07. The van der Waals surface area contributed by atoms with Crippen molar-refractivity contribution >= 4 is 0 Å². The van der Waals surface area contributed by atoms with Crippen LogP contribution in [0.3, 0.4) is 0 Å². The van der Waals surface area contributed by atoms with Gasteiger partial charge in [0, 0.05) is 18.7 Å². The van der Waals surface area contributed by atoms with Crippen LogP contribution in [0.1, 0.15) is 85.0 Å². The van der Waals surface area contributed by atoms with E-state index in [4.69, 9.17) is 5.11 Å². The normalized spacial score (nSPS) is 13.2. The van der Waals surface area contributed by atoms with Crippen molar-refractivity contribution in [2.24, 2.45) is 0 Å². The summed E-state index contributed by atoms with van der Waals surface area (Å²) in [5.41, 5.74) is 0.